The van der Waals surface area contributed by atoms with E-state index in [2.05, 4.69) is 42.4 Å². The topological polar surface area (TPSA) is 32.3 Å². The van der Waals surface area contributed by atoms with Crippen LogP contribution in [-0.2, 0) is 12.2 Å². The molecule has 0 aromatic heterocycles. The zero-order chi connectivity index (χ0) is 8.81. The second-order valence-electron chi connectivity index (χ2n) is 2.63. The molecule has 0 radical (unpaired) electrons. The van der Waals surface area contributed by atoms with Gasteiger partial charge < -0.3 is 5.21 Å². The first kappa shape index (κ1) is 9.58. The molecule has 0 heterocycles. The Morgan fingerprint density at radius 1 is 1.17 bits per heavy atom. The lowest BCUT2D eigenvalue weighted by Crippen LogP contribution is -2.11. The van der Waals surface area contributed by atoms with E-state index in [1.54, 1.807) is 0 Å². The maximum absolute atomic E-state index is 8.37. The summed E-state index contributed by atoms with van der Waals surface area (Å²) in [5, 5.41) is 8.37. The van der Waals surface area contributed by atoms with Crippen molar-refractivity contribution in [1.82, 2.24) is 5.48 Å². The normalized spacial score (nSPS) is 10.2. The minimum atomic E-state index is 0.597. The third-order valence-electron chi connectivity index (χ3n) is 1.73. The van der Waals surface area contributed by atoms with Crippen LogP contribution in [0.3, 0.4) is 0 Å². The Balaban J connectivity index is 2.53. The fraction of sp³-hybridized carbons (Fsp3) is 0.333. The van der Waals surface area contributed by atoms with Crippen molar-refractivity contribution in [3.8, 4) is 0 Å². The molecule has 2 nitrogen and oxygen atoms in total. The Morgan fingerprint density at radius 2 is 1.75 bits per heavy atom. The van der Waals surface area contributed by atoms with E-state index in [0.29, 0.717) is 6.54 Å². The summed E-state index contributed by atoms with van der Waals surface area (Å²) in [6, 6.07) is 8.23. The second kappa shape index (κ2) is 5.19. The van der Waals surface area contributed by atoms with Crippen LogP contribution in [0.4, 0.5) is 0 Å². The van der Waals surface area contributed by atoms with Gasteiger partial charge in [-0.3, -0.25) is 0 Å². The van der Waals surface area contributed by atoms with E-state index in [0.717, 1.165) is 12.2 Å². The van der Waals surface area contributed by atoms with Gasteiger partial charge in [-0.1, -0.05) is 24.3 Å². The van der Waals surface area contributed by atoms with Crippen LogP contribution < -0.4 is 5.48 Å². The predicted molar refractivity (Wildman–Crippen MR) is 52.6 cm³/mol. The SMILES string of the molecule is ONCCc1ccc(CS)cc1. The van der Waals surface area contributed by atoms with Crippen LogP contribution in [0.25, 0.3) is 0 Å². The molecule has 2 N–H and O–H groups in total. The third-order valence-corrected chi connectivity index (χ3v) is 2.10. The van der Waals surface area contributed by atoms with E-state index in [9.17, 15) is 0 Å². The van der Waals surface area contributed by atoms with E-state index in [1.165, 1.54) is 11.1 Å². The summed E-state index contributed by atoms with van der Waals surface area (Å²) in [5.74, 6) is 0.776. The minimum absolute atomic E-state index is 0.597. The van der Waals surface area contributed by atoms with Crippen LogP contribution in [0.1, 0.15) is 11.1 Å². The van der Waals surface area contributed by atoms with Gasteiger partial charge in [-0.05, 0) is 17.5 Å². The first-order valence-electron chi connectivity index (χ1n) is 3.92. The zero-order valence-electron chi connectivity index (χ0n) is 6.83. The quantitative estimate of drug-likeness (QED) is 0.490. The molecule has 0 spiro atoms. The number of hydrogen-bond donors (Lipinski definition) is 3. The molecule has 0 aliphatic heterocycles. The summed E-state index contributed by atoms with van der Waals surface area (Å²) in [6.45, 7) is 0.597. The third kappa shape index (κ3) is 2.85. The van der Waals surface area contributed by atoms with Crippen molar-refractivity contribution in [2.45, 2.75) is 12.2 Å². The lowest BCUT2D eigenvalue weighted by Gasteiger charge is -2.00. The van der Waals surface area contributed by atoms with Gasteiger partial charge in [-0.25, -0.2) is 5.48 Å². The highest BCUT2D eigenvalue weighted by Crippen LogP contribution is 2.06. The fourth-order valence-electron chi connectivity index (χ4n) is 1.01. The smallest absolute Gasteiger partial charge is 0.0247 e. The van der Waals surface area contributed by atoms with Crippen LogP contribution in [-0.4, -0.2) is 11.8 Å². The number of nitrogens with one attached hydrogen (secondary N) is 1. The molecule has 0 unspecified atom stereocenters. The number of thiol groups is 1. The molecule has 66 valence electrons. The molecule has 0 aliphatic carbocycles. The summed E-state index contributed by atoms with van der Waals surface area (Å²) in [4.78, 5) is 0. The van der Waals surface area contributed by atoms with Gasteiger partial charge in [0.1, 0.15) is 0 Å². The van der Waals surface area contributed by atoms with Crippen LogP contribution in [0.2, 0.25) is 0 Å². The van der Waals surface area contributed by atoms with E-state index in [4.69, 9.17) is 5.21 Å². The minimum Gasteiger partial charge on any atom is -0.317 e. The van der Waals surface area contributed by atoms with Crippen molar-refractivity contribution < 1.29 is 5.21 Å². The van der Waals surface area contributed by atoms with Crippen molar-refractivity contribution in [3.05, 3.63) is 35.4 Å². The molecule has 0 amide bonds. The average molecular weight is 183 g/mol. The molecule has 1 aromatic carbocycles. The van der Waals surface area contributed by atoms with Gasteiger partial charge in [0.25, 0.3) is 0 Å². The van der Waals surface area contributed by atoms with E-state index in [-0.39, 0.29) is 0 Å². The number of hydrogen-bond acceptors (Lipinski definition) is 3. The molecule has 3 heteroatoms. The Morgan fingerprint density at radius 3 is 2.25 bits per heavy atom. The molecule has 0 aliphatic rings. The van der Waals surface area contributed by atoms with Gasteiger partial charge in [0.2, 0.25) is 0 Å². The lowest BCUT2D eigenvalue weighted by molar-refractivity contribution is 0.168. The van der Waals surface area contributed by atoms with Crippen LogP contribution >= 0.6 is 12.6 Å². The summed E-state index contributed by atoms with van der Waals surface area (Å²) >= 11 is 4.16. The van der Waals surface area contributed by atoms with Gasteiger partial charge in [0.15, 0.2) is 0 Å². The maximum Gasteiger partial charge on any atom is 0.0247 e. The molecule has 0 fully saturated rings. The Hall–Kier alpha value is -0.510. The molecule has 1 rings (SSSR count). The van der Waals surface area contributed by atoms with Crippen molar-refractivity contribution in [2.75, 3.05) is 6.54 Å². The van der Waals surface area contributed by atoms with E-state index < -0.39 is 0 Å². The Kier molecular flexibility index (Phi) is 4.14. The predicted octanol–water partition coefficient (Wildman–Crippen LogP) is 1.64. The molecule has 0 atom stereocenters. The van der Waals surface area contributed by atoms with Crippen molar-refractivity contribution in [1.29, 1.82) is 0 Å². The van der Waals surface area contributed by atoms with Gasteiger partial charge in [0, 0.05) is 12.3 Å². The monoisotopic (exact) mass is 183 g/mol. The highest BCUT2D eigenvalue weighted by molar-refractivity contribution is 7.79. The number of benzene rings is 1. The maximum atomic E-state index is 8.37. The van der Waals surface area contributed by atoms with Crippen molar-refractivity contribution >= 4 is 12.6 Å². The molecular formula is C9H13NOS. The lowest BCUT2D eigenvalue weighted by atomic mass is 10.1. The second-order valence-corrected chi connectivity index (χ2v) is 2.95. The highest BCUT2D eigenvalue weighted by atomic mass is 32.1. The van der Waals surface area contributed by atoms with Gasteiger partial charge in [-0.15, -0.1) is 0 Å². The van der Waals surface area contributed by atoms with Crippen LogP contribution in [0.5, 0.6) is 0 Å². The summed E-state index contributed by atoms with van der Waals surface area (Å²) in [6.07, 6.45) is 0.851. The Labute approximate surface area is 78.0 Å². The van der Waals surface area contributed by atoms with Gasteiger partial charge >= 0.3 is 0 Å². The number of hydroxylamine groups is 1. The number of rotatable bonds is 4. The molecule has 0 saturated heterocycles. The largest absolute Gasteiger partial charge is 0.317 e. The summed E-state index contributed by atoms with van der Waals surface area (Å²) in [5.41, 5.74) is 4.58. The molecule has 0 saturated carbocycles. The first-order valence-corrected chi connectivity index (χ1v) is 4.55. The first-order chi connectivity index (χ1) is 5.86. The molecule has 0 bridgehead atoms. The zero-order valence-corrected chi connectivity index (χ0v) is 7.72. The fourth-order valence-corrected chi connectivity index (χ4v) is 1.22. The van der Waals surface area contributed by atoms with Crippen LogP contribution in [0, 0.1) is 0 Å². The standard InChI is InChI=1S/C9H13NOS/c11-10-6-5-8-1-3-9(7-12)4-2-8/h1-4,10-12H,5-7H2. The van der Waals surface area contributed by atoms with E-state index in [1.807, 2.05) is 0 Å². The van der Waals surface area contributed by atoms with Crippen molar-refractivity contribution in [3.63, 3.8) is 0 Å². The summed E-state index contributed by atoms with van der Waals surface area (Å²) < 4.78 is 0. The molecule has 1 aromatic rings. The molecule has 12 heavy (non-hydrogen) atoms. The average Bonchev–Trinajstić information content (AvgIpc) is 2.15. The van der Waals surface area contributed by atoms with E-state index >= 15 is 0 Å². The van der Waals surface area contributed by atoms with Gasteiger partial charge in [0.05, 0.1) is 0 Å². The highest BCUT2D eigenvalue weighted by Gasteiger charge is 1.92. The Bertz CT molecular complexity index is 222. The van der Waals surface area contributed by atoms with Gasteiger partial charge in [-0.2, -0.15) is 12.6 Å². The molecular weight excluding hydrogens is 170 g/mol. The summed E-state index contributed by atoms with van der Waals surface area (Å²) in [7, 11) is 0. The van der Waals surface area contributed by atoms with Crippen LogP contribution in [0.15, 0.2) is 24.3 Å². The van der Waals surface area contributed by atoms with Crippen molar-refractivity contribution in [2.24, 2.45) is 0 Å².